The maximum atomic E-state index is 14.6. The largest absolute Gasteiger partial charge is 0.504 e. The third-order valence-electron chi connectivity index (χ3n) is 9.57. The predicted molar refractivity (Wildman–Crippen MR) is 167 cm³/mol. The number of benzene rings is 1. The van der Waals surface area contributed by atoms with E-state index in [1.54, 1.807) is 17.9 Å². The van der Waals surface area contributed by atoms with Crippen molar-refractivity contribution >= 4 is 39.1 Å². The van der Waals surface area contributed by atoms with Crippen LogP contribution in [-0.4, -0.2) is 77.5 Å². The van der Waals surface area contributed by atoms with Crippen LogP contribution in [0.4, 0.5) is 29.5 Å². The van der Waals surface area contributed by atoms with E-state index in [1.807, 2.05) is 0 Å². The van der Waals surface area contributed by atoms with Gasteiger partial charge in [-0.25, -0.2) is 4.39 Å². The number of H-pyrrole nitrogens is 1. The molecule has 0 saturated carbocycles. The Hall–Kier alpha value is -4.85. The highest BCUT2D eigenvalue weighted by Crippen LogP contribution is 3.02. The van der Waals surface area contributed by atoms with Gasteiger partial charge in [0.25, 0.3) is 11.5 Å². The molecule has 3 N–H and O–H groups in total. The van der Waals surface area contributed by atoms with E-state index < -0.39 is 56.0 Å². The number of amides is 2. The number of halogens is 6. The molecule has 0 radical (unpaired) electrons. The van der Waals surface area contributed by atoms with Crippen molar-refractivity contribution < 1.29 is 43.3 Å². The van der Waals surface area contributed by atoms with E-state index in [-0.39, 0.29) is 54.0 Å². The van der Waals surface area contributed by atoms with Gasteiger partial charge in [0.05, 0.1) is 18.9 Å². The van der Waals surface area contributed by atoms with Crippen molar-refractivity contribution in [2.45, 2.75) is 55.9 Å². The molecule has 0 bridgehead atoms. The second kappa shape index (κ2) is 10.8. The van der Waals surface area contributed by atoms with Gasteiger partial charge in [-0.2, -0.15) is 14.6 Å². The van der Waals surface area contributed by atoms with Crippen molar-refractivity contribution in [3.05, 3.63) is 68.9 Å². The maximum Gasteiger partial charge on any atom is 0.310 e. The fourth-order valence-corrected chi connectivity index (χ4v) is 7.60. The first-order valence-electron chi connectivity index (χ1n) is 15.5. The van der Waals surface area contributed by atoms with Crippen LogP contribution in [0.3, 0.4) is 0 Å². The number of aromatic amines is 1. The first kappa shape index (κ1) is 33.6. The molecule has 50 heavy (non-hydrogen) atoms. The van der Waals surface area contributed by atoms with Crippen LogP contribution in [0.1, 0.15) is 58.9 Å². The van der Waals surface area contributed by atoms with Gasteiger partial charge < -0.3 is 24.6 Å². The monoisotopic (exact) mass is 728 g/mol. The van der Waals surface area contributed by atoms with Crippen molar-refractivity contribution in [3.8, 4) is 5.75 Å². The summed E-state index contributed by atoms with van der Waals surface area (Å²) in [5.41, 5.74) is -0.180. The van der Waals surface area contributed by atoms with Crippen molar-refractivity contribution in [3.63, 3.8) is 0 Å². The topological polar surface area (TPSA) is 160 Å². The number of fused-ring (bicyclic) bond motifs is 3. The lowest BCUT2D eigenvalue weighted by molar-refractivity contribution is -0.116. The Labute approximate surface area is 278 Å². The van der Waals surface area contributed by atoms with Crippen LogP contribution in [0.2, 0.25) is 0 Å². The van der Waals surface area contributed by atoms with E-state index in [4.69, 9.17) is 4.74 Å². The number of hydrogen-bond donors (Lipinski definition) is 3. The Balaban J connectivity index is 1.24. The van der Waals surface area contributed by atoms with Crippen molar-refractivity contribution in [1.82, 2.24) is 34.3 Å². The SMILES string of the molecule is Cc1n[nH]c(C(=O)N2CCC3(CCc4c3c(=O)n3nc(C5=CCOCC5)nc3n4CC(=O)Nc3ccc(S(F)(F)(F)(F)F)cc3F)CC2)c1O. The molecule has 7 rings (SSSR count). The number of aromatic hydroxyl groups is 1. The Morgan fingerprint density at radius 1 is 1.12 bits per heavy atom. The van der Waals surface area contributed by atoms with Crippen molar-refractivity contribution in [1.29, 1.82) is 0 Å². The van der Waals surface area contributed by atoms with E-state index >= 15 is 0 Å². The van der Waals surface area contributed by atoms with E-state index in [1.165, 1.54) is 4.57 Å². The van der Waals surface area contributed by atoms with E-state index in [2.05, 4.69) is 25.6 Å². The van der Waals surface area contributed by atoms with Gasteiger partial charge in [-0.3, -0.25) is 19.5 Å². The van der Waals surface area contributed by atoms with Crippen LogP contribution in [0.15, 0.2) is 34.0 Å². The molecule has 13 nitrogen and oxygen atoms in total. The summed E-state index contributed by atoms with van der Waals surface area (Å²) >= 11 is 0. The lowest BCUT2D eigenvalue weighted by atomic mass is 9.74. The summed E-state index contributed by atoms with van der Waals surface area (Å²) in [5.74, 6) is -3.12. The van der Waals surface area contributed by atoms with E-state index in [0.717, 1.165) is 4.52 Å². The number of nitrogens with zero attached hydrogens (tertiary/aromatic N) is 6. The summed E-state index contributed by atoms with van der Waals surface area (Å²) in [6, 6.07) is 0.0410. The van der Waals surface area contributed by atoms with Crippen molar-refractivity contribution in [2.75, 3.05) is 31.6 Å². The van der Waals surface area contributed by atoms with E-state index in [9.17, 15) is 43.3 Å². The zero-order valence-electron chi connectivity index (χ0n) is 26.3. The van der Waals surface area contributed by atoms with Gasteiger partial charge in [0.15, 0.2) is 17.3 Å². The Kier molecular flexibility index (Phi) is 7.28. The van der Waals surface area contributed by atoms with Crippen LogP contribution in [0, 0.1) is 12.7 Å². The molecule has 1 aliphatic carbocycles. The summed E-state index contributed by atoms with van der Waals surface area (Å²) < 4.78 is 88.6. The number of nitrogens with one attached hydrogen (secondary N) is 2. The summed E-state index contributed by atoms with van der Waals surface area (Å²) in [4.78, 5) is 44.3. The van der Waals surface area contributed by atoms with Crippen LogP contribution < -0.4 is 10.9 Å². The van der Waals surface area contributed by atoms with Gasteiger partial charge in [-0.1, -0.05) is 25.5 Å². The van der Waals surface area contributed by atoms with Gasteiger partial charge in [0.1, 0.15) is 23.0 Å². The number of aromatic nitrogens is 6. The molecule has 2 amide bonds. The molecule has 0 atom stereocenters. The minimum absolute atomic E-state index is 0.00206. The third kappa shape index (κ3) is 5.78. The van der Waals surface area contributed by atoms with Gasteiger partial charge in [-0.15, -0.1) is 5.10 Å². The molecule has 2 aliphatic heterocycles. The molecule has 1 aromatic carbocycles. The lowest BCUT2D eigenvalue weighted by Gasteiger charge is -2.40. The summed E-state index contributed by atoms with van der Waals surface area (Å²) in [5, 5.41) is 23.3. The molecule has 0 unspecified atom stereocenters. The number of likely N-dealkylation sites (tertiary alicyclic amines) is 1. The molecule has 4 aromatic rings. The number of carbonyl (C=O) groups is 2. The van der Waals surface area contributed by atoms with Gasteiger partial charge >= 0.3 is 10.2 Å². The number of piperidine rings is 1. The fourth-order valence-electron chi connectivity index (χ4n) is 6.95. The Morgan fingerprint density at radius 3 is 2.48 bits per heavy atom. The quantitative estimate of drug-likeness (QED) is 0.234. The molecule has 5 heterocycles. The first-order chi connectivity index (χ1) is 23.3. The maximum absolute atomic E-state index is 14.6. The van der Waals surface area contributed by atoms with Crippen LogP contribution in [-0.2, 0) is 27.9 Å². The van der Waals surface area contributed by atoms with Gasteiger partial charge in [-0.05, 0) is 62.8 Å². The zero-order chi connectivity index (χ0) is 35.9. The summed E-state index contributed by atoms with van der Waals surface area (Å²) in [6.07, 6.45) is 3.73. The number of anilines is 1. The average Bonchev–Trinajstić information content (AvgIpc) is 3.76. The highest BCUT2D eigenvalue weighted by molar-refractivity contribution is 8.45. The number of ether oxygens (including phenoxy) is 1. The Morgan fingerprint density at radius 2 is 1.86 bits per heavy atom. The predicted octanol–water partition coefficient (Wildman–Crippen LogP) is 4.99. The molecule has 1 saturated heterocycles. The minimum atomic E-state index is -10.2. The molecule has 3 aromatic heterocycles. The third-order valence-corrected chi connectivity index (χ3v) is 10.7. The molecule has 1 spiro atoms. The Bertz CT molecular complexity index is 2190. The first-order valence-corrected chi connectivity index (χ1v) is 17.5. The summed E-state index contributed by atoms with van der Waals surface area (Å²) in [7, 11) is -10.2. The van der Waals surface area contributed by atoms with Crippen LogP contribution in [0.25, 0.3) is 11.4 Å². The second-order valence-electron chi connectivity index (χ2n) is 12.7. The molecule has 20 heteroatoms. The highest BCUT2D eigenvalue weighted by Gasteiger charge is 2.65. The fraction of sp³-hybridized carbons (Fsp3) is 0.400. The normalized spacial score (nSPS) is 18.9. The molecular formula is C30H30F6N8O5S. The number of carbonyl (C=O) groups excluding carboxylic acids is 2. The molecular weight excluding hydrogens is 698 g/mol. The highest BCUT2D eigenvalue weighted by atomic mass is 32.5. The van der Waals surface area contributed by atoms with Crippen LogP contribution >= 0.6 is 10.2 Å². The second-order valence-corrected chi connectivity index (χ2v) is 15.1. The zero-order valence-corrected chi connectivity index (χ0v) is 27.1. The number of aryl methyl sites for hydroxylation is 1. The molecule has 1 fully saturated rings. The smallest absolute Gasteiger partial charge is 0.310 e. The lowest BCUT2D eigenvalue weighted by Crippen LogP contribution is -2.46. The molecule has 3 aliphatic rings. The molecule has 268 valence electrons. The minimum Gasteiger partial charge on any atom is -0.504 e. The standard InChI is InChI=1S/C30H30F6N8O5S/c1-16-25(46)24(40-39-16)28(48)42-10-8-30(9-11-42)7-4-21-23(30)27(47)44-29(38-26(41-44)17-5-12-49-13-6-17)43(21)15-22(45)37-20-3-2-18(14-19(20)31)50(32,33,34,35)36/h2-3,5,14,46H,4,6-13,15H2,1H3,(H,37,45)(H,39,40). The van der Waals surface area contributed by atoms with Gasteiger partial charge in [0, 0.05) is 29.8 Å². The average molecular weight is 729 g/mol. The van der Waals surface area contributed by atoms with Crippen LogP contribution in [0.5, 0.6) is 5.75 Å². The summed E-state index contributed by atoms with van der Waals surface area (Å²) in [6.45, 7) is 2.13. The van der Waals surface area contributed by atoms with E-state index in [0.29, 0.717) is 68.2 Å². The van der Waals surface area contributed by atoms with Gasteiger partial charge in [0.2, 0.25) is 11.7 Å². The number of hydrogen-bond acceptors (Lipinski definition) is 8. The van der Waals surface area contributed by atoms with Crippen molar-refractivity contribution in [2.24, 2.45) is 0 Å². The number of rotatable bonds is 6.